The SMILES string of the molecule is CCOC(=O)C1=C(C)NC(SCc2cccc(C(=O)O)c2)=N[C@@H]1c1ccc2c(c1)OCO2. The summed E-state index contributed by atoms with van der Waals surface area (Å²) < 4.78 is 16.2. The van der Waals surface area contributed by atoms with Crippen LogP contribution in [0.5, 0.6) is 11.5 Å². The van der Waals surface area contributed by atoms with Crippen molar-refractivity contribution in [2.75, 3.05) is 13.4 Å². The molecule has 0 amide bonds. The summed E-state index contributed by atoms with van der Waals surface area (Å²) in [6, 6.07) is 11.7. The summed E-state index contributed by atoms with van der Waals surface area (Å²) in [6.45, 7) is 3.99. The molecule has 0 saturated heterocycles. The Morgan fingerprint density at radius 3 is 2.81 bits per heavy atom. The molecule has 0 aromatic heterocycles. The monoisotopic (exact) mass is 454 g/mol. The first-order chi connectivity index (χ1) is 15.5. The molecule has 2 N–H and O–H groups in total. The van der Waals surface area contributed by atoms with Crippen molar-refractivity contribution >= 4 is 28.9 Å². The van der Waals surface area contributed by atoms with E-state index in [1.165, 1.54) is 11.8 Å². The van der Waals surface area contributed by atoms with Crippen LogP contribution in [0.3, 0.4) is 0 Å². The summed E-state index contributed by atoms with van der Waals surface area (Å²) in [5, 5.41) is 13.0. The highest BCUT2D eigenvalue weighted by Crippen LogP contribution is 2.39. The molecule has 9 heteroatoms. The van der Waals surface area contributed by atoms with Gasteiger partial charge in [0.2, 0.25) is 6.79 Å². The van der Waals surface area contributed by atoms with Crippen LogP contribution in [0.1, 0.15) is 41.4 Å². The minimum absolute atomic E-state index is 0.157. The van der Waals surface area contributed by atoms with Crippen LogP contribution in [0, 0.1) is 0 Å². The maximum absolute atomic E-state index is 12.7. The lowest BCUT2D eigenvalue weighted by atomic mass is 9.96. The van der Waals surface area contributed by atoms with E-state index in [9.17, 15) is 14.7 Å². The molecule has 2 heterocycles. The zero-order valence-electron chi connectivity index (χ0n) is 17.6. The Labute approximate surface area is 189 Å². The van der Waals surface area contributed by atoms with Gasteiger partial charge in [0.05, 0.1) is 17.7 Å². The summed E-state index contributed by atoms with van der Waals surface area (Å²) in [5.74, 6) is 0.380. The number of hydrogen-bond acceptors (Lipinski definition) is 8. The fourth-order valence-electron chi connectivity index (χ4n) is 3.46. The lowest BCUT2D eigenvalue weighted by molar-refractivity contribution is -0.138. The molecular formula is C23H22N2O6S. The number of allylic oxidation sites excluding steroid dienone is 1. The number of benzene rings is 2. The van der Waals surface area contributed by atoms with E-state index >= 15 is 0 Å². The average Bonchev–Trinajstić information content (AvgIpc) is 3.25. The molecule has 0 aliphatic carbocycles. The molecule has 2 aromatic rings. The van der Waals surface area contributed by atoms with E-state index in [2.05, 4.69) is 5.32 Å². The Bertz CT molecular complexity index is 1130. The van der Waals surface area contributed by atoms with E-state index < -0.39 is 18.0 Å². The van der Waals surface area contributed by atoms with E-state index in [1.807, 2.05) is 25.1 Å². The van der Waals surface area contributed by atoms with Gasteiger partial charge in [-0.25, -0.2) is 14.6 Å². The first-order valence-corrected chi connectivity index (χ1v) is 11.0. The molecule has 0 unspecified atom stereocenters. The highest BCUT2D eigenvalue weighted by molar-refractivity contribution is 8.13. The summed E-state index contributed by atoms with van der Waals surface area (Å²) in [5.41, 5.74) is 2.97. The van der Waals surface area contributed by atoms with Crippen molar-refractivity contribution in [1.29, 1.82) is 0 Å². The Balaban J connectivity index is 1.61. The molecule has 2 aliphatic heterocycles. The number of nitrogens with zero attached hydrogens (tertiary/aromatic N) is 1. The third-order valence-corrected chi connectivity index (χ3v) is 5.93. The van der Waals surface area contributed by atoms with Crippen LogP contribution in [-0.4, -0.2) is 35.6 Å². The summed E-state index contributed by atoms with van der Waals surface area (Å²) in [6.07, 6.45) is 0. The lowest BCUT2D eigenvalue weighted by Gasteiger charge is -2.26. The van der Waals surface area contributed by atoms with Gasteiger partial charge < -0.3 is 24.6 Å². The van der Waals surface area contributed by atoms with E-state index in [0.717, 1.165) is 11.1 Å². The maximum Gasteiger partial charge on any atom is 0.338 e. The molecule has 32 heavy (non-hydrogen) atoms. The summed E-state index contributed by atoms with van der Waals surface area (Å²) >= 11 is 1.43. The van der Waals surface area contributed by atoms with Gasteiger partial charge in [-0.15, -0.1) is 0 Å². The molecule has 166 valence electrons. The van der Waals surface area contributed by atoms with Crippen LogP contribution < -0.4 is 14.8 Å². The van der Waals surface area contributed by atoms with Crippen molar-refractivity contribution in [2.24, 2.45) is 4.99 Å². The number of carbonyl (C=O) groups excluding carboxylic acids is 1. The standard InChI is InChI=1S/C23H22N2O6S/c1-3-29-22(28)19-13(2)24-23(32-11-14-5-4-6-16(9-14)21(26)27)25-20(19)15-7-8-17-18(10-15)31-12-30-17/h4-10,20H,3,11-12H2,1-2H3,(H,24,25)(H,26,27)/t20-/m1/s1. The number of esters is 1. The highest BCUT2D eigenvalue weighted by Gasteiger charge is 2.31. The first kappa shape index (κ1) is 21.8. The number of aromatic carboxylic acids is 1. The molecule has 0 bridgehead atoms. The molecule has 0 saturated carbocycles. The fraction of sp³-hybridized carbons (Fsp3) is 0.261. The number of carbonyl (C=O) groups is 2. The van der Waals surface area contributed by atoms with Gasteiger partial charge in [0.15, 0.2) is 16.7 Å². The van der Waals surface area contributed by atoms with Gasteiger partial charge >= 0.3 is 11.9 Å². The second kappa shape index (κ2) is 9.35. The maximum atomic E-state index is 12.7. The van der Waals surface area contributed by atoms with Gasteiger partial charge in [-0.1, -0.05) is 30.0 Å². The quantitative estimate of drug-likeness (QED) is 0.634. The second-order valence-corrected chi connectivity index (χ2v) is 8.09. The van der Waals surface area contributed by atoms with Crippen LogP contribution in [0.25, 0.3) is 0 Å². The van der Waals surface area contributed by atoms with Crippen molar-refractivity contribution in [1.82, 2.24) is 5.32 Å². The topological polar surface area (TPSA) is 106 Å². The van der Waals surface area contributed by atoms with Crippen LogP contribution >= 0.6 is 11.8 Å². The van der Waals surface area contributed by atoms with Gasteiger partial charge in [0.25, 0.3) is 0 Å². The Morgan fingerprint density at radius 1 is 1.22 bits per heavy atom. The average molecular weight is 455 g/mol. The van der Waals surface area contributed by atoms with E-state index in [1.54, 1.807) is 31.2 Å². The molecule has 8 nitrogen and oxygen atoms in total. The predicted octanol–water partition coefficient (Wildman–Crippen LogP) is 3.88. The molecule has 0 fully saturated rings. The van der Waals surface area contributed by atoms with Crippen molar-refractivity contribution in [2.45, 2.75) is 25.6 Å². The van der Waals surface area contributed by atoms with Crippen LogP contribution in [0.2, 0.25) is 0 Å². The number of aliphatic imine (C=N–C) groups is 1. The molecule has 0 spiro atoms. The smallest absolute Gasteiger partial charge is 0.338 e. The number of carboxylic acids is 1. The molecule has 1 atom stereocenters. The number of carboxylic acid groups (broad SMARTS) is 1. The molecule has 0 radical (unpaired) electrons. The van der Waals surface area contributed by atoms with Gasteiger partial charge in [0.1, 0.15) is 6.04 Å². The number of hydrogen-bond donors (Lipinski definition) is 2. The lowest BCUT2D eigenvalue weighted by Crippen LogP contribution is -2.30. The zero-order chi connectivity index (χ0) is 22.7. The molecule has 2 aromatic carbocycles. The van der Waals surface area contributed by atoms with Crippen LogP contribution in [0.15, 0.2) is 58.7 Å². The molecule has 4 rings (SSSR count). The molecular weight excluding hydrogens is 432 g/mol. The predicted molar refractivity (Wildman–Crippen MR) is 120 cm³/mol. The largest absolute Gasteiger partial charge is 0.478 e. The van der Waals surface area contributed by atoms with Crippen LogP contribution in [-0.2, 0) is 15.3 Å². The minimum Gasteiger partial charge on any atom is -0.478 e. The minimum atomic E-state index is -0.967. The summed E-state index contributed by atoms with van der Waals surface area (Å²) in [4.78, 5) is 28.7. The fourth-order valence-corrected chi connectivity index (χ4v) is 4.35. The third kappa shape index (κ3) is 4.57. The second-order valence-electron chi connectivity index (χ2n) is 7.13. The number of ether oxygens (including phenoxy) is 3. The van der Waals surface area contributed by atoms with Gasteiger partial charge in [-0.3, -0.25) is 0 Å². The molecule has 2 aliphatic rings. The number of thioether (sulfide) groups is 1. The summed E-state index contributed by atoms with van der Waals surface area (Å²) in [7, 11) is 0. The Hall–Kier alpha value is -3.46. The highest BCUT2D eigenvalue weighted by atomic mass is 32.2. The normalized spacial score (nSPS) is 16.9. The van der Waals surface area contributed by atoms with Gasteiger partial charge in [-0.2, -0.15) is 0 Å². The first-order valence-electron chi connectivity index (χ1n) is 10.0. The van der Waals surface area contributed by atoms with E-state index in [0.29, 0.717) is 33.7 Å². The van der Waals surface area contributed by atoms with Gasteiger partial charge in [0, 0.05) is 11.4 Å². The number of amidine groups is 1. The Kier molecular flexibility index (Phi) is 6.36. The van der Waals surface area contributed by atoms with Gasteiger partial charge in [-0.05, 0) is 49.2 Å². The van der Waals surface area contributed by atoms with Crippen molar-refractivity contribution in [3.05, 3.63) is 70.4 Å². The van der Waals surface area contributed by atoms with E-state index in [-0.39, 0.29) is 19.0 Å². The van der Waals surface area contributed by atoms with Crippen molar-refractivity contribution in [3.63, 3.8) is 0 Å². The van der Waals surface area contributed by atoms with Crippen molar-refractivity contribution < 1.29 is 28.9 Å². The third-order valence-electron chi connectivity index (χ3n) is 4.98. The van der Waals surface area contributed by atoms with E-state index in [4.69, 9.17) is 19.2 Å². The number of fused-ring (bicyclic) bond motifs is 1. The number of rotatable bonds is 6. The van der Waals surface area contributed by atoms with Crippen molar-refractivity contribution in [3.8, 4) is 11.5 Å². The zero-order valence-corrected chi connectivity index (χ0v) is 18.4. The van der Waals surface area contributed by atoms with Crippen LogP contribution in [0.4, 0.5) is 0 Å². The number of nitrogens with one attached hydrogen (secondary N) is 1. The Morgan fingerprint density at radius 2 is 2.03 bits per heavy atom.